The molecule has 0 amide bonds. The Balaban J connectivity index is 2.32. The summed E-state index contributed by atoms with van der Waals surface area (Å²) >= 11 is 3.44. The maximum absolute atomic E-state index is 8.35. The zero-order valence-electron chi connectivity index (χ0n) is 8.79. The first-order chi connectivity index (χ1) is 7.24. The normalized spacial score (nSPS) is 9.67. The van der Waals surface area contributed by atoms with Crippen molar-refractivity contribution in [2.75, 3.05) is 6.61 Å². The van der Waals surface area contributed by atoms with Crippen LogP contribution in [0.4, 0.5) is 0 Å². The van der Waals surface area contributed by atoms with Gasteiger partial charge in [-0.1, -0.05) is 15.9 Å². The molecule has 2 nitrogen and oxygen atoms in total. The average molecular weight is 268 g/mol. The van der Waals surface area contributed by atoms with Crippen molar-refractivity contribution < 1.29 is 4.74 Å². The van der Waals surface area contributed by atoms with E-state index in [0.29, 0.717) is 13.0 Å². The Labute approximate surface area is 99.0 Å². The summed E-state index contributed by atoms with van der Waals surface area (Å²) in [6, 6.07) is 8.06. The number of rotatable bonds is 5. The van der Waals surface area contributed by atoms with Crippen LogP contribution in [0.1, 0.15) is 24.8 Å². The summed E-state index contributed by atoms with van der Waals surface area (Å²) in [6.45, 7) is 2.72. The van der Waals surface area contributed by atoms with Crippen molar-refractivity contribution in [1.29, 1.82) is 5.26 Å². The summed E-state index contributed by atoms with van der Waals surface area (Å²) in [7, 11) is 0. The van der Waals surface area contributed by atoms with E-state index in [4.69, 9.17) is 10.00 Å². The molecule has 0 unspecified atom stereocenters. The Morgan fingerprint density at radius 3 is 2.87 bits per heavy atom. The van der Waals surface area contributed by atoms with Crippen LogP contribution < -0.4 is 4.74 Å². The third-order valence-electron chi connectivity index (χ3n) is 2.08. The van der Waals surface area contributed by atoms with Crippen LogP contribution in [-0.2, 0) is 0 Å². The van der Waals surface area contributed by atoms with Gasteiger partial charge in [0.15, 0.2) is 0 Å². The molecule has 0 heterocycles. The molecule has 0 N–H and O–H groups in total. The lowest BCUT2D eigenvalue weighted by Gasteiger charge is -2.06. The summed E-state index contributed by atoms with van der Waals surface area (Å²) in [5, 5.41) is 8.35. The number of unbranched alkanes of at least 4 members (excludes halogenated alkanes) is 2. The molecule has 0 radical (unpaired) electrons. The molecule has 0 fully saturated rings. The zero-order chi connectivity index (χ0) is 11.1. The van der Waals surface area contributed by atoms with Crippen LogP contribution in [-0.4, -0.2) is 6.61 Å². The maximum atomic E-state index is 8.35. The van der Waals surface area contributed by atoms with Crippen LogP contribution in [0, 0.1) is 18.3 Å². The second kappa shape index (κ2) is 6.47. The maximum Gasteiger partial charge on any atom is 0.119 e. The van der Waals surface area contributed by atoms with Gasteiger partial charge >= 0.3 is 0 Å². The van der Waals surface area contributed by atoms with Crippen molar-refractivity contribution in [3.8, 4) is 11.8 Å². The highest BCUT2D eigenvalue weighted by atomic mass is 79.9. The molecule has 0 spiro atoms. The molecule has 1 rings (SSSR count). The lowest BCUT2D eigenvalue weighted by Crippen LogP contribution is -1.97. The quantitative estimate of drug-likeness (QED) is 0.760. The van der Waals surface area contributed by atoms with E-state index in [0.717, 1.165) is 23.1 Å². The largest absolute Gasteiger partial charge is 0.494 e. The van der Waals surface area contributed by atoms with Crippen molar-refractivity contribution in [3.05, 3.63) is 28.2 Å². The SMILES string of the molecule is Cc1cc(OCCCCC#N)ccc1Br. The lowest BCUT2D eigenvalue weighted by atomic mass is 10.2. The van der Waals surface area contributed by atoms with Gasteiger partial charge in [0.05, 0.1) is 12.7 Å². The fourth-order valence-corrected chi connectivity index (χ4v) is 1.45. The summed E-state index contributed by atoms with van der Waals surface area (Å²) in [6.07, 6.45) is 2.46. The van der Waals surface area contributed by atoms with E-state index in [9.17, 15) is 0 Å². The third kappa shape index (κ3) is 4.35. The predicted octanol–water partition coefficient (Wildman–Crippen LogP) is 3.83. The van der Waals surface area contributed by atoms with Crippen molar-refractivity contribution in [1.82, 2.24) is 0 Å². The monoisotopic (exact) mass is 267 g/mol. The molecule has 0 bridgehead atoms. The van der Waals surface area contributed by atoms with Gasteiger partial charge in [0.25, 0.3) is 0 Å². The second-order valence-corrected chi connectivity index (χ2v) is 4.23. The summed E-state index contributed by atoms with van der Waals surface area (Å²) in [5.41, 5.74) is 1.17. The fourth-order valence-electron chi connectivity index (χ4n) is 1.20. The number of hydrogen-bond donors (Lipinski definition) is 0. The molecule has 3 heteroatoms. The van der Waals surface area contributed by atoms with Crippen molar-refractivity contribution in [2.45, 2.75) is 26.2 Å². The zero-order valence-corrected chi connectivity index (χ0v) is 10.4. The highest BCUT2D eigenvalue weighted by Gasteiger charge is 1.97. The number of aryl methyl sites for hydroxylation is 1. The summed E-state index contributed by atoms with van der Waals surface area (Å²) < 4.78 is 6.65. The number of halogens is 1. The first-order valence-corrected chi connectivity index (χ1v) is 5.79. The van der Waals surface area contributed by atoms with Crippen LogP contribution in [0.2, 0.25) is 0 Å². The molecule has 0 atom stereocenters. The molecule has 1 aromatic carbocycles. The van der Waals surface area contributed by atoms with E-state index >= 15 is 0 Å². The first kappa shape index (κ1) is 12.1. The molecule has 0 saturated heterocycles. The first-order valence-electron chi connectivity index (χ1n) is 5.00. The second-order valence-electron chi connectivity index (χ2n) is 3.37. The highest BCUT2D eigenvalue weighted by Crippen LogP contribution is 2.21. The van der Waals surface area contributed by atoms with E-state index in [1.165, 1.54) is 5.56 Å². The molecule has 1 aromatic rings. The average Bonchev–Trinajstić information content (AvgIpc) is 2.23. The number of benzene rings is 1. The molecule has 80 valence electrons. The molecule has 0 aliphatic heterocycles. The number of hydrogen-bond acceptors (Lipinski definition) is 2. The van der Waals surface area contributed by atoms with Gasteiger partial charge < -0.3 is 4.74 Å². The number of nitriles is 1. The van der Waals surface area contributed by atoms with Gasteiger partial charge in [-0.05, 0) is 43.5 Å². The van der Waals surface area contributed by atoms with Crippen molar-refractivity contribution in [3.63, 3.8) is 0 Å². The van der Waals surface area contributed by atoms with Gasteiger partial charge in [-0.3, -0.25) is 0 Å². The summed E-state index contributed by atoms with van der Waals surface area (Å²) in [4.78, 5) is 0. The summed E-state index contributed by atoms with van der Waals surface area (Å²) in [5.74, 6) is 0.896. The van der Waals surface area contributed by atoms with Crippen LogP contribution in [0.3, 0.4) is 0 Å². The molecular formula is C12H14BrNO. The number of ether oxygens (including phenoxy) is 1. The van der Waals surface area contributed by atoms with Crippen LogP contribution in [0.5, 0.6) is 5.75 Å². The van der Waals surface area contributed by atoms with Gasteiger partial charge in [-0.15, -0.1) is 0 Å². The lowest BCUT2D eigenvalue weighted by molar-refractivity contribution is 0.307. The van der Waals surface area contributed by atoms with Gasteiger partial charge in [0.2, 0.25) is 0 Å². The fraction of sp³-hybridized carbons (Fsp3) is 0.417. The predicted molar refractivity (Wildman–Crippen MR) is 63.8 cm³/mol. The topological polar surface area (TPSA) is 33.0 Å². The Bertz CT molecular complexity index is 357. The van der Waals surface area contributed by atoms with Gasteiger partial charge in [0, 0.05) is 10.9 Å². The van der Waals surface area contributed by atoms with Crippen LogP contribution in [0.15, 0.2) is 22.7 Å². The Hall–Kier alpha value is -1.01. The van der Waals surface area contributed by atoms with Crippen molar-refractivity contribution >= 4 is 15.9 Å². The van der Waals surface area contributed by atoms with E-state index < -0.39 is 0 Å². The van der Waals surface area contributed by atoms with Gasteiger partial charge in [0.1, 0.15) is 5.75 Å². The Morgan fingerprint density at radius 2 is 2.20 bits per heavy atom. The molecule has 0 aliphatic carbocycles. The molecular weight excluding hydrogens is 254 g/mol. The standard InChI is InChI=1S/C12H14BrNO/c1-10-9-11(5-6-12(10)13)15-8-4-2-3-7-14/h5-6,9H,2-4,8H2,1H3. The Morgan fingerprint density at radius 1 is 1.40 bits per heavy atom. The van der Waals surface area contributed by atoms with E-state index in [1.54, 1.807) is 0 Å². The van der Waals surface area contributed by atoms with Crippen LogP contribution >= 0.6 is 15.9 Å². The minimum absolute atomic E-state index is 0.614. The van der Waals surface area contributed by atoms with Crippen LogP contribution in [0.25, 0.3) is 0 Å². The van der Waals surface area contributed by atoms with E-state index in [2.05, 4.69) is 22.0 Å². The van der Waals surface area contributed by atoms with Gasteiger partial charge in [-0.25, -0.2) is 0 Å². The van der Waals surface area contributed by atoms with E-state index in [-0.39, 0.29) is 0 Å². The smallest absolute Gasteiger partial charge is 0.119 e. The van der Waals surface area contributed by atoms with E-state index in [1.807, 2.05) is 25.1 Å². The Kier molecular flexibility index (Phi) is 5.20. The molecule has 0 aromatic heterocycles. The third-order valence-corrected chi connectivity index (χ3v) is 2.97. The number of nitrogens with zero attached hydrogens (tertiary/aromatic N) is 1. The van der Waals surface area contributed by atoms with Gasteiger partial charge in [-0.2, -0.15) is 5.26 Å². The minimum Gasteiger partial charge on any atom is -0.494 e. The molecule has 0 aliphatic rings. The molecule has 15 heavy (non-hydrogen) atoms. The van der Waals surface area contributed by atoms with Crippen molar-refractivity contribution in [2.24, 2.45) is 0 Å². The molecule has 0 saturated carbocycles. The highest BCUT2D eigenvalue weighted by molar-refractivity contribution is 9.10. The minimum atomic E-state index is 0.614.